The number of carbonyl (C=O) groups is 1. The molecule has 4 nitrogen and oxygen atoms in total. The minimum absolute atomic E-state index is 0.0848. The van der Waals surface area contributed by atoms with Gasteiger partial charge in [-0.3, -0.25) is 9.89 Å². The number of carbonyl (C=O) groups excluding carboxylic acids is 1. The Morgan fingerprint density at radius 3 is 3.11 bits per heavy atom. The molecular formula is C15H23N3O. The molecule has 0 radical (unpaired) electrons. The highest BCUT2D eigenvalue weighted by atomic mass is 16.2. The molecule has 2 saturated carbocycles. The van der Waals surface area contributed by atoms with Gasteiger partial charge < -0.3 is 5.32 Å². The van der Waals surface area contributed by atoms with E-state index in [4.69, 9.17) is 0 Å². The van der Waals surface area contributed by atoms with Crippen molar-refractivity contribution in [3.63, 3.8) is 0 Å². The van der Waals surface area contributed by atoms with Crippen LogP contribution in [-0.4, -0.2) is 22.6 Å². The molecule has 3 rings (SSSR count). The number of aromatic amines is 1. The predicted molar refractivity (Wildman–Crippen MR) is 73.5 cm³/mol. The summed E-state index contributed by atoms with van der Waals surface area (Å²) in [6, 6.07) is 0. The van der Waals surface area contributed by atoms with Gasteiger partial charge in [0.15, 0.2) is 0 Å². The summed E-state index contributed by atoms with van der Waals surface area (Å²) in [4.78, 5) is 12.4. The molecule has 2 N–H and O–H groups in total. The normalized spacial score (nSPS) is 32.7. The van der Waals surface area contributed by atoms with Crippen molar-refractivity contribution in [3.8, 4) is 0 Å². The molecule has 2 aliphatic carbocycles. The van der Waals surface area contributed by atoms with Gasteiger partial charge in [0.2, 0.25) is 5.91 Å². The summed E-state index contributed by atoms with van der Waals surface area (Å²) < 4.78 is 0. The molecule has 2 aliphatic rings. The molecule has 2 fully saturated rings. The number of nitrogens with one attached hydrogen (secondary N) is 2. The van der Waals surface area contributed by atoms with Crippen LogP contribution in [0.15, 0.2) is 12.4 Å². The van der Waals surface area contributed by atoms with Gasteiger partial charge in [-0.05, 0) is 49.5 Å². The van der Waals surface area contributed by atoms with Gasteiger partial charge in [-0.1, -0.05) is 13.3 Å². The maximum atomic E-state index is 12.4. The molecule has 0 saturated heterocycles. The van der Waals surface area contributed by atoms with Crippen LogP contribution in [0.2, 0.25) is 0 Å². The Morgan fingerprint density at radius 2 is 2.47 bits per heavy atom. The topological polar surface area (TPSA) is 57.8 Å². The van der Waals surface area contributed by atoms with E-state index in [9.17, 15) is 4.79 Å². The van der Waals surface area contributed by atoms with E-state index in [1.54, 1.807) is 0 Å². The summed E-state index contributed by atoms with van der Waals surface area (Å²) in [5.41, 5.74) is 1.12. The number of hydrogen-bond acceptors (Lipinski definition) is 2. The lowest BCUT2D eigenvalue weighted by atomic mass is 9.74. The van der Waals surface area contributed by atoms with Gasteiger partial charge in [-0.2, -0.15) is 5.10 Å². The van der Waals surface area contributed by atoms with Crippen molar-refractivity contribution in [3.05, 3.63) is 18.0 Å². The van der Waals surface area contributed by atoms with Crippen molar-refractivity contribution in [1.82, 2.24) is 15.5 Å². The maximum absolute atomic E-state index is 12.4. The average molecular weight is 261 g/mol. The lowest BCUT2D eigenvalue weighted by molar-refractivity contribution is -0.132. The Balaban J connectivity index is 1.44. The molecule has 0 aromatic carbocycles. The van der Waals surface area contributed by atoms with E-state index in [1.165, 1.54) is 24.8 Å². The van der Waals surface area contributed by atoms with Crippen LogP contribution in [0.25, 0.3) is 0 Å². The zero-order valence-corrected chi connectivity index (χ0v) is 11.6. The Morgan fingerprint density at radius 1 is 1.58 bits per heavy atom. The number of aryl methyl sites for hydroxylation is 1. The van der Waals surface area contributed by atoms with Gasteiger partial charge >= 0.3 is 0 Å². The molecule has 3 atom stereocenters. The van der Waals surface area contributed by atoms with Crippen molar-refractivity contribution in [2.75, 3.05) is 6.54 Å². The third-order valence-electron chi connectivity index (χ3n) is 5.16. The lowest BCUT2D eigenvalue weighted by Crippen LogP contribution is -2.42. The first-order valence-corrected chi connectivity index (χ1v) is 7.44. The summed E-state index contributed by atoms with van der Waals surface area (Å²) in [6.45, 7) is 2.94. The molecule has 1 amide bonds. The number of H-pyrrole nitrogens is 1. The standard InChI is InChI=1S/C15H23N3O/c1-15(8-11-4-5-13(15)7-11)14(19)16-6-2-3-12-9-17-18-10-12/h9-11,13H,2-8H2,1H3,(H,16,19)(H,17,18). The van der Waals surface area contributed by atoms with Crippen molar-refractivity contribution >= 4 is 5.91 Å². The highest BCUT2D eigenvalue weighted by Crippen LogP contribution is 2.55. The van der Waals surface area contributed by atoms with Crippen molar-refractivity contribution < 1.29 is 4.79 Å². The molecule has 1 heterocycles. The largest absolute Gasteiger partial charge is 0.356 e. The molecule has 19 heavy (non-hydrogen) atoms. The minimum Gasteiger partial charge on any atom is -0.356 e. The summed E-state index contributed by atoms with van der Waals surface area (Å²) >= 11 is 0. The van der Waals surface area contributed by atoms with Gasteiger partial charge in [-0.25, -0.2) is 0 Å². The van der Waals surface area contributed by atoms with Crippen LogP contribution in [0.1, 0.15) is 44.6 Å². The second-order valence-electron chi connectivity index (χ2n) is 6.46. The molecule has 0 spiro atoms. The number of aromatic nitrogens is 2. The summed E-state index contributed by atoms with van der Waals surface area (Å²) in [6.07, 6.45) is 10.7. The fourth-order valence-electron chi connectivity index (χ4n) is 3.99. The first-order valence-electron chi connectivity index (χ1n) is 7.44. The van der Waals surface area contributed by atoms with Crippen molar-refractivity contribution in [2.45, 2.75) is 45.4 Å². The number of nitrogens with zero attached hydrogens (tertiary/aromatic N) is 1. The van der Waals surface area contributed by atoms with Crippen LogP contribution in [0.4, 0.5) is 0 Å². The smallest absolute Gasteiger partial charge is 0.226 e. The van der Waals surface area contributed by atoms with Crippen LogP contribution < -0.4 is 5.32 Å². The van der Waals surface area contributed by atoms with Gasteiger partial charge in [0, 0.05) is 18.2 Å². The van der Waals surface area contributed by atoms with E-state index in [0.717, 1.165) is 31.7 Å². The van der Waals surface area contributed by atoms with Gasteiger partial charge in [-0.15, -0.1) is 0 Å². The van der Waals surface area contributed by atoms with Crippen molar-refractivity contribution in [2.24, 2.45) is 17.3 Å². The summed E-state index contributed by atoms with van der Waals surface area (Å²) in [7, 11) is 0. The molecule has 2 bridgehead atoms. The maximum Gasteiger partial charge on any atom is 0.226 e. The molecular weight excluding hydrogens is 238 g/mol. The Kier molecular flexibility index (Phi) is 3.33. The highest BCUT2D eigenvalue weighted by molar-refractivity contribution is 5.83. The quantitative estimate of drug-likeness (QED) is 0.799. The van der Waals surface area contributed by atoms with Crippen molar-refractivity contribution in [1.29, 1.82) is 0 Å². The monoisotopic (exact) mass is 261 g/mol. The van der Waals surface area contributed by atoms with E-state index in [-0.39, 0.29) is 11.3 Å². The summed E-state index contributed by atoms with van der Waals surface area (Å²) in [5.74, 6) is 1.73. The number of fused-ring (bicyclic) bond motifs is 2. The summed E-state index contributed by atoms with van der Waals surface area (Å²) in [5, 5.41) is 9.88. The minimum atomic E-state index is -0.0848. The zero-order chi connectivity index (χ0) is 13.3. The average Bonchev–Trinajstić information content (AvgIpc) is 3.10. The van der Waals surface area contributed by atoms with Gasteiger partial charge in [0.1, 0.15) is 0 Å². The van der Waals surface area contributed by atoms with Crippen LogP contribution in [0, 0.1) is 17.3 Å². The van der Waals surface area contributed by atoms with Gasteiger partial charge in [0.05, 0.1) is 6.20 Å². The Labute approximate surface area is 114 Å². The SMILES string of the molecule is CC1(C(=O)NCCCc2cn[nH]c2)CC2CCC1C2. The first kappa shape index (κ1) is 12.7. The number of amides is 1. The highest BCUT2D eigenvalue weighted by Gasteiger charge is 2.51. The fourth-order valence-corrected chi connectivity index (χ4v) is 3.99. The van der Waals surface area contributed by atoms with Gasteiger partial charge in [0.25, 0.3) is 0 Å². The number of rotatable bonds is 5. The number of hydrogen-bond donors (Lipinski definition) is 2. The molecule has 4 heteroatoms. The molecule has 0 aliphatic heterocycles. The van der Waals surface area contributed by atoms with Crippen LogP contribution in [0.5, 0.6) is 0 Å². The Hall–Kier alpha value is -1.32. The lowest BCUT2D eigenvalue weighted by Gasteiger charge is -2.32. The third-order valence-corrected chi connectivity index (χ3v) is 5.16. The second kappa shape index (κ2) is 4.99. The van der Waals surface area contributed by atoms with Crippen LogP contribution in [0.3, 0.4) is 0 Å². The van der Waals surface area contributed by atoms with Crippen LogP contribution >= 0.6 is 0 Å². The fraction of sp³-hybridized carbons (Fsp3) is 0.733. The Bertz CT molecular complexity index is 442. The third kappa shape index (κ3) is 2.40. The zero-order valence-electron chi connectivity index (χ0n) is 11.6. The molecule has 1 aromatic rings. The predicted octanol–water partition coefficient (Wildman–Crippen LogP) is 2.28. The van der Waals surface area contributed by atoms with E-state index in [1.807, 2.05) is 12.4 Å². The van der Waals surface area contributed by atoms with E-state index in [0.29, 0.717) is 5.92 Å². The van der Waals surface area contributed by atoms with E-state index < -0.39 is 0 Å². The first-order chi connectivity index (χ1) is 9.18. The molecule has 3 unspecified atom stereocenters. The van der Waals surface area contributed by atoms with E-state index >= 15 is 0 Å². The van der Waals surface area contributed by atoms with E-state index in [2.05, 4.69) is 22.4 Å². The van der Waals surface area contributed by atoms with Crippen LogP contribution in [-0.2, 0) is 11.2 Å². The molecule has 104 valence electrons. The molecule has 1 aromatic heterocycles. The second-order valence-corrected chi connectivity index (χ2v) is 6.46.